The van der Waals surface area contributed by atoms with Crippen molar-refractivity contribution in [3.05, 3.63) is 65.7 Å². The number of hydrogen-bond donors (Lipinski definition) is 0. The van der Waals surface area contributed by atoms with Gasteiger partial charge >= 0.3 is 18.1 Å². The van der Waals surface area contributed by atoms with E-state index in [9.17, 15) is 22.8 Å². The summed E-state index contributed by atoms with van der Waals surface area (Å²) in [5.41, 5.74) is 5.01. The highest BCUT2D eigenvalue weighted by molar-refractivity contribution is 5.89. The molecule has 3 aromatic heterocycles. The summed E-state index contributed by atoms with van der Waals surface area (Å²) in [7, 11) is 0. The van der Waals surface area contributed by atoms with E-state index >= 15 is 0 Å². The van der Waals surface area contributed by atoms with Crippen LogP contribution in [0.1, 0.15) is 35.8 Å². The molecule has 0 saturated carbocycles. The van der Waals surface area contributed by atoms with Crippen molar-refractivity contribution in [2.45, 2.75) is 24.9 Å². The Kier molecular flexibility index (Phi) is 8.08. The quantitative estimate of drug-likeness (QED) is 0.241. The minimum absolute atomic E-state index is 0.00993. The average molecular weight is 595 g/mol. The molecule has 0 bridgehead atoms. The fourth-order valence-electron chi connectivity index (χ4n) is 5.60. The number of hydrogen-bond acceptors (Lipinski definition) is 9. The number of aromatic nitrogens is 4. The smallest absolute Gasteiger partial charge is 0.385 e. The highest BCUT2D eigenvalue weighted by Crippen LogP contribution is 2.34. The van der Waals surface area contributed by atoms with Crippen molar-refractivity contribution < 1.29 is 32.2 Å². The number of nitrogens with zero attached hydrogens (tertiary/aromatic N) is 6. The number of morpholine rings is 1. The molecule has 5 heterocycles. The van der Waals surface area contributed by atoms with Crippen LogP contribution in [0.15, 0.2) is 48.7 Å². The summed E-state index contributed by atoms with van der Waals surface area (Å²) < 4.78 is 48.8. The van der Waals surface area contributed by atoms with Crippen LogP contribution in [0, 0.1) is 0 Å². The second-order valence-corrected chi connectivity index (χ2v) is 10.5. The number of halogens is 3. The number of likely N-dealkylation sites (tertiary alicyclic amines) is 1. The summed E-state index contributed by atoms with van der Waals surface area (Å²) in [6.07, 6.45) is 1.61. The summed E-state index contributed by atoms with van der Waals surface area (Å²) in [5, 5.41) is 5.71. The molecular weight excluding hydrogens is 565 g/mol. The van der Waals surface area contributed by atoms with Crippen LogP contribution < -0.4 is 4.90 Å². The number of benzene rings is 1. The first kappa shape index (κ1) is 28.7. The molecule has 2 aliphatic heterocycles. The zero-order valence-electron chi connectivity index (χ0n) is 23.2. The first-order valence-electron chi connectivity index (χ1n) is 14.0. The monoisotopic (exact) mass is 594 g/mol. The molecule has 224 valence electrons. The molecule has 0 aliphatic carbocycles. The summed E-state index contributed by atoms with van der Waals surface area (Å²) >= 11 is 0. The number of pyridine rings is 1. The standard InChI is InChI=1S/C30H29F3N6O4/c31-30(32,33)29(41)43-26(40)19-37-13-10-21(11-14-37)27-24(8-7-22-6-5-20-3-1-2-4-23(20)35-22)36-28-25(9-12-34-39(27)28)38-15-17-42-18-16-38/h1-9,12,21H,10-11,13-19H2/b8-7+. The van der Waals surface area contributed by atoms with E-state index in [1.54, 1.807) is 11.1 Å². The van der Waals surface area contributed by atoms with Crippen LogP contribution >= 0.6 is 0 Å². The Bertz CT molecular complexity index is 1670. The Balaban J connectivity index is 1.27. The molecule has 6 rings (SSSR count). The van der Waals surface area contributed by atoms with E-state index in [2.05, 4.69) is 14.7 Å². The Morgan fingerprint density at radius 1 is 0.977 bits per heavy atom. The molecule has 0 spiro atoms. The molecule has 1 aromatic carbocycles. The third kappa shape index (κ3) is 6.37. The third-order valence-corrected chi connectivity index (χ3v) is 7.71. The second kappa shape index (κ2) is 12.1. The van der Waals surface area contributed by atoms with Crippen molar-refractivity contribution in [2.24, 2.45) is 0 Å². The lowest BCUT2D eigenvalue weighted by Gasteiger charge is -2.31. The van der Waals surface area contributed by atoms with Crippen LogP contribution in [0.25, 0.3) is 28.7 Å². The van der Waals surface area contributed by atoms with Gasteiger partial charge in [-0.1, -0.05) is 24.3 Å². The normalized spacial score (nSPS) is 17.2. The number of alkyl halides is 3. The van der Waals surface area contributed by atoms with Gasteiger partial charge in [0.2, 0.25) is 0 Å². The minimum Gasteiger partial charge on any atom is -0.385 e. The van der Waals surface area contributed by atoms with Crippen LogP contribution in [0.5, 0.6) is 0 Å². The lowest BCUT2D eigenvalue weighted by molar-refractivity contribution is -0.202. The fourth-order valence-corrected chi connectivity index (χ4v) is 5.60. The van der Waals surface area contributed by atoms with Crippen molar-refractivity contribution in [3.8, 4) is 0 Å². The van der Waals surface area contributed by atoms with Crippen molar-refractivity contribution in [1.82, 2.24) is 24.5 Å². The van der Waals surface area contributed by atoms with E-state index in [1.807, 2.05) is 59.1 Å². The number of ether oxygens (including phenoxy) is 2. The van der Waals surface area contributed by atoms with E-state index in [0.717, 1.165) is 52.4 Å². The number of anilines is 1. The number of carbonyl (C=O) groups excluding carboxylic acids is 2. The number of carbonyl (C=O) groups is 2. The molecule has 2 fully saturated rings. The number of fused-ring (bicyclic) bond motifs is 2. The molecule has 0 unspecified atom stereocenters. The van der Waals surface area contributed by atoms with Crippen LogP contribution in [-0.4, -0.2) is 88.5 Å². The Hall–Kier alpha value is -4.36. The topological polar surface area (TPSA) is 102 Å². The number of esters is 2. The Labute approximate surface area is 244 Å². The summed E-state index contributed by atoms with van der Waals surface area (Å²) in [6, 6.07) is 13.8. The zero-order valence-corrected chi connectivity index (χ0v) is 23.2. The minimum atomic E-state index is -5.22. The lowest BCUT2D eigenvalue weighted by Crippen LogP contribution is -2.39. The maximum absolute atomic E-state index is 12.5. The maximum Gasteiger partial charge on any atom is 0.491 e. The predicted octanol–water partition coefficient (Wildman–Crippen LogP) is 4.10. The number of rotatable bonds is 6. The van der Waals surface area contributed by atoms with Gasteiger partial charge < -0.3 is 14.4 Å². The molecule has 0 radical (unpaired) electrons. The highest BCUT2D eigenvalue weighted by Gasteiger charge is 2.42. The molecule has 2 saturated heterocycles. The summed E-state index contributed by atoms with van der Waals surface area (Å²) in [6.45, 7) is 3.16. The van der Waals surface area contributed by atoms with E-state index in [1.165, 1.54) is 0 Å². The van der Waals surface area contributed by atoms with Gasteiger partial charge in [-0.2, -0.15) is 18.3 Å². The van der Waals surface area contributed by atoms with Gasteiger partial charge in [0.05, 0.1) is 54.2 Å². The van der Waals surface area contributed by atoms with Gasteiger partial charge in [0.25, 0.3) is 0 Å². The van der Waals surface area contributed by atoms with Gasteiger partial charge in [0, 0.05) is 24.4 Å². The van der Waals surface area contributed by atoms with E-state index < -0.39 is 24.7 Å². The summed E-state index contributed by atoms with van der Waals surface area (Å²) in [4.78, 5) is 36.7. The number of piperidine rings is 1. The fraction of sp³-hybridized carbons (Fsp3) is 0.367. The van der Waals surface area contributed by atoms with Gasteiger partial charge in [0.1, 0.15) is 0 Å². The second-order valence-electron chi connectivity index (χ2n) is 10.5. The van der Waals surface area contributed by atoms with Gasteiger partial charge in [-0.3, -0.25) is 9.69 Å². The molecular formula is C30H29F3N6O4. The van der Waals surface area contributed by atoms with Crippen molar-refractivity contribution in [3.63, 3.8) is 0 Å². The maximum atomic E-state index is 12.5. The van der Waals surface area contributed by atoms with Crippen LogP contribution in [0.3, 0.4) is 0 Å². The largest absolute Gasteiger partial charge is 0.491 e. The highest BCUT2D eigenvalue weighted by atomic mass is 19.4. The average Bonchev–Trinajstić information content (AvgIpc) is 3.39. The molecule has 43 heavy (non-hydrogen) atoms. The van der Waals surface area contributed by atoms with Crippen LogP contribution in [-0.2, 0) is 19.1 Å². The molecule has 0 amide bonds. The van der Waals surface area contributed by atoms with Gasteiger partial charge in [-0.05, 0) is 56.3 Å². The Morgan fingerprint density at radius 3 is 2.51 bits per heavy atom. The first-order chi connectivity index (χ1) is 20.8. The number of imidazole rings is 1. The lowest BCUT2D eigenvalue weighted by atomic mass is 9.92. The van der Waals surface area contributed by atoms with Crippen molar-refractivity contribution in [1.29, 1.82) is 0 Å². The molecule has 0 atom stereocenters. The van der Waals surface area contributed by atoms with Crippen molar-refractivity contribution in [2.75, 3.05) is 50.8 Å². The van der Waals surface area contributed by atoms with Gasteiger partial charge in [-0.15, -0.1) is 0 Å². The summed E-state index contributed by atoms with van der Waals surface area (Å²) in [5.74, 6) is -3.72. The van der Waals surface area contributed by atoms with Gasteiger partial charge in [0.15, 0.2) is 5.65 Å². The van der Waals surface area contributed by atoms with Crippen LogP contribution in [0.2, 0.25) is 0 Å². The molecule has 13 heteroatoms. The molecule has 2 aliphatic rings. The van der Waals surface area contributed by atoms with Gasteiger partial charge in [-0.25, -0.2) is 19.3 Å². The van der Waals surface area contributed by atoms with Crippen LogP contribution in [0.4, 0.5) is 18.9 Å². The van der Waals surface area contributed by atoms with E-state index in [-0.39, 0.29) is 5.92 Å². The van der Waals surface area contributed by atoms with E-state index in [0.29, 0.717) is 39.1 Å². The zero-order chi connectivity index (χ0) is 30.0. The Morgan fingerprint density at radius 2 is 1.74 bits per heavy atom. The van der Waals surface area contributed by atoms with E-state index in [4.69, 9.17) is 14.7 Å². The molecule has 0 N–H and O–H groups in total. The SMILES string of the molecule is O=C(CN1CCC(c2c(/C=C/c3ccc4ccccc4n3)nc3c(N4CCOCC4)ccnn23)CC1)OC(=O)C(F)(F)F. The number of para-hydroxylation sites is 1. The van der Waals surface area contributed by atoms with Crippen molar-refractivity contribution >= 4 is 46.3 Å². The molecule has 4 aromatic rings. The predicted molar refractivity (Wildman–Crippen MR) is 152 cm³/mol. The third-order valence-electron chi connectivity index (χ3n) is 7.71. The molecule has 10 nitrogen and oxygen atoms in total. The first-order valence-corrected chi connectivity index (χ1v) is 14.0.